The zero-order chi connectivity index (χ0) is 12.8. The lowest BCUT2D eigenvalue weighted by Gasteiger charge is -2.03. The number of benzene rings is 1. The predicted molar refractivity (Wildman–Crippen MR) is 69.2 cm³/mol. The van der Waals surface area contributed by atoms with Crippen LogP contribution < -0.4 is 10.1 Å². The summed E-state index contributed by atoms with van der Waals surface area (Å²) < 4.78 is 5.18. The molecule has 5 heteroatoms. The van der Waals surface area contributed by atoms with Gasteiger partial charge >= 0.3 is 0 Å². The van der Waals surface area contributed by atoms with Crippen LogP contribution in [-0.4, -0.2) is 23.2 Å². The fourth-order valence-electron chi connectivity index (χ4n) is 1.47. The molecule has 0 aliphatic carbocycles. The second kappa shape index (κ2) is 5.67. The van der Waals surface area contributed by atoms with E-state index in [-0.39, 0.29) is 5.91 Å². The van der Waals surface area contributed by atoms with E-state index in [1.807, 2.05) is 24.3 Å². The number of hydrogen-bond donors (Lipinski definition) is 2. The largest absolute Gasteiger partial charge is 0.496 e. The summed E-state index contributed by atoms with van der Waals surface area (Å²) in [7, 11) is 1.59. The number of carbonyl (C=O) groups excluding carboxylic acids is 1. The molecule has 0 aliphatic rings. The third kappa shape index (κ3) is 2.98. The van der Waals surface area contributed by atoms with Crippen LogP contribution >= 0.6 is 0 Å². The van der Waals surface area contributed by atoms with Crippen LogP contribution in [0.1, 0.15) is 5.56 Å². The van der Waals surface area contributed by atoms with Crippen molar-refractivity contribution in [3.63, 3.8) is 0 Å². The number of amides is 1. The minimum atomic E-state index is -0.231. The Morgan fingerprint density at radius 1 is 1.39 bits per heavy atom. The summed E-state index contributed by atoms with van der Waals surface area (Å²) in [5.74, 6) is 1.05. The Morgan fingerprint density at radius 2 is 2.22 bits per heavy atom. The Morgan fingerprint density at radius 3 is 2.94 bits per heavy atom. The number of methoxy groups -OCH3 is 1. The average molecular weight is 243 g/mol. The van der Waals surface area contributed by atoms with E-state index in [0.29, 0.717) is 5.82 Å². The van der Waals surface area contributed by atoms with Crippen molar-refractivity contribution in [2.75, 3.05) is 12.4 Å². The number of anilines is 1. The van der Waals surface area contributed by atoms with Gasteiger partial charge in [-0.1, -0.05) is 18.2 Å². The molecule has 2 N–H and O–H groups in total. The topological polar surface area (TPSA) is 67.0 Å². The molecule has 1 heterocycles. The number of nitrogens with one attached hydrogen (secondary N) is 2. The molecule has 2 aromatic rings. The van der Waals surface area contributed by atoms with Gasteiger partial charge in [-0.05, 0) is 12.1 Å². The van der Waals surface area contributed by atoms with Gasteiger partial charge in [0, 0.05) is 17.7 Å². The van der Waals surface area contributed by atoms with Gasteiger partial charge in [0.15, 0.2) is 0 Å². The second-order valence-electron chi connectivity index (χ2n) is 3.53. The summed E-state index contributed by atoms with van der Waals surface area (Å²) in [6.07, 6.45) is 4.71. The third-order valence-corrected chi connectivity index (χ3v) is 2.31. The molecule has 0 saturated carbocycles. The van der Waals surface area contributed by atoms with Crippen molar-refractivity contribution in [3.8, 4) is 5.75 Å². The summed E-state index contributed by atoms with van der Waals surface area (Å²) in [4.78, 5) is 11.6. The van der Waals surface area contributed by atoms with Gasteiger partial charge in [-0.25, -0.2) is 0 Å². The van der Waals surface area contributed by atoms with Gasteiger partial charge < -0.3 is 10.1 Å². The van der Waals surface area contributed by atoms with Gasteiger partial charge in [0.25, 0.3) is 0 Å². The molecule has 0 spiro atoms. The molecule has 18 heavy (non-hydrogen) atoms. The monoisotopic (exact) mass is 243 g/mol. The van der Waals surface area contributed by atoms with E-state index < -0.39 is 0 Å². The maximum atomic E-state index is 11.6. The molecule has 5 nitrogen and oxygen atoms in total. The number of H-pyrrole nitrogens is 1. The van der Waals surface area contributed by atoms with E-state index in [2.05, 4.69) is 15.5 Å². The Bertz CT molecular complexity index is 547. The maximum Gasteiger partial charge on any atom is 0.249 e. The first-order chi connectivity index (χ1) is 8.79. The Hall–Kier alpha value is -2.56. The maximum absolute atomic E-state index is 11.6. The zero-order valence-corrected chi connectivity index (χ0v) is 9.88. The predicted octanol–water partition coefficient (Wildman–Crippen LogP) is 2.07. The highest BCUT2D eigenvalue weighted by atomic mass is 16.5. The summed E-state index contributed by atoms with van der Waals surface area (Å²) in [6, 6.07) is 9.15. The molecular weight excluding hydrogens is 230 g/mol. The lowest BCUT2D eigenvalue weighted by molar-refractivity contribution is -0.111. The molecule has 0 saturated heterocycles. The molecule has 1 aromatic carbocycles. The lowest BCUT2D eigenvalue weighted by atomic mass is 10.2. The number of ether oxygens (including phenoxy) is 1. The Balaban J connectivity index is 2.04. The van der Waals surface area contributed by atoms with Crippen LogP contribution in [0.3, 0.4) is 0 Å². The van der Waals surface area contributed by atoms with E-state index in [4.69, 9.17) is 4.74 Å². The number of aromatic nitrogens is 2. The highest BCUT2D eigenvalue weighted by Crippen LogP contribution is 2.18. The second-order valence-corrected chi connectivity index (χ2v) is 3.53. The minimum Gasteiger partial charge on any atom is -0.496 e. The molecule has 0 atom stereocenters. The highest BCUT2D eigenvalue weighted by molar-refractivity contribution is 6.01. The summed E-state index contributed by atoms with van der Waals surface area (Å²) >= 11 is 0. The van der Waals surface area contributed by atoms with Gasteiger partial charge in [-0.3, -0.25) is 9.89 Å². The van der Waals surface area contributed by atoms with Gasteiger partial charge in [0.05, 0.1) is 13.3 Å². The number of aromatic amines is 1. The quantitative estimate of drug-likeness (QED) is 0.808. The van der Waals surface area contributed by atoms with Crippen LogP contribution in [0.15, 0.2) is 42.6 Å². The first kappa shape index (κ1) is 11.9. The van der Waals surface area contributed by atoms with E-state index >= 15 is 0 Å². The minimum absolute atomic E-state index is 0.231. The molecule has 0 fully saturated rings. The normalized spacial score (nSPS) is 10.5. The lowest BCUT2D eigenvalue weighted by Crippen LogP contribution is -2.07. The third-order valence-electron chi connectivity index (χ3n) is 2.31. The molecule has 0 bridgehead atoms. The molecule has 0 unspecified atom stereocenters. The molecule has 1 amide bonds. The zero-order valence-electron chi connectivity index (χ0n) is 9.88. The van der Waals surface area contributed by atoms with E-state index in [0.717, 1.165) is 11.3 Å². The number of para-hydroxylation sites is 1. The number of rotatable bonds is 4. The van der Waals surface area contributed by atoms with Gasteiger partial charge in [0.1, 0.15) is 11.6 Å². The van der Waals surface area contributed by atoms with Crippen LogP contribution in [0.4, 0.5) is 5.82 Å². The Labute approximate surface area is 104 Å². The van der Waals surface area contributed by atoms with E-state index in [9.17, 15) is 4.79 Å². The average Bonchev–Trinajstić information content (AvgIpc) is 2.89. The molecule has 1 aromatic heterocycles. The summed E-state index contributed by atoms with van der Waals surface area (Å²) in [6.45, 7) is 0. The van der Waals surface area contributed by atoms with Crippen molar-refractivity contribution < 1.29 is 9.53 Å². The number of carbonyl (C=O) groups is 1. The van der Waals surface area contributed by atoms with Crippen molar-refractivity contribution in [1.82, 2.24) is 10.2 Å². The van der Waals surface area contributed by atoms with Crippen LogP contribution in [0.5, 0.6) is 5.75 Å². The molecule has 0 radical (unpaired) electrons. The van der Waals surface area contributed by atoms with Gasteiger partial charge in [-0.2, -0.15) is 5.10 Å². The molecular formula is C13H13N3O2. The van der Waals surface area contributed by atoms with Crippen molar-refractivity contribution in [3.05, 3.63) is 48.2 Å². The van der Waals surface area contributed by atoms with Gasteiger partial charge in [-0.15, -0.1) is 0 Å². The van der Waals surface area contributed by atoms with Crippen molar-refractivity contribution in [2.24, 2.45) is 0 Å². The van der Waals surface area contributed by atoms with Crippen LogP contribution in [0.25, 0.3) is 6.08 Å². The number of nitrogens with zero attached hydrogens (tertiary/aromatic N) is 1. The first-order valence-corrected chi connectivity index (χ1v) is 5.41. The number of hydrogen-bond acceptors (Lipinski definition) is 3. The summed E-state index contributed by atoms with van der Waals surface area (Å²) in [5, 5.41) is 9.03. The van der Waals surface area contributed by atoms with Gasteiger partial charge in [0.2, 0.25) is 5.91 Å². The highest BCUT2D eigenvalue weighted by Gasteiger charge is 2.00. The van der Waals surface area contributed by atoms with Crippen molar-refractivity contribution >= 4 is 17.8 Å². The van der Waals surface area contributed by atoms with E-state index in [1.165, 1.54) is 6.08 Å². The first-order valence-electron chi connectivity index (χ1n) is 5.41. The molecule has 0 aliphatic heterocycles. The van der Waals surface area contributed by atoms with Crippen LogP contribution in [0.2, 0.25) is 0 Å². The fraction of sp³-hybridized carbons (Fsp3) is 0.0769. The van der Waals surface area contributed by atoms with Crippen LogP contribution in [-0.2, 0) is 4.79 Å². The van der Waals surface area contributed by atoms with E-state index in [1.54, 1.807) is 25.4 Å². The standard InChI is InChI=1S/C13H13N3O2/c1-18-11-5-3-2-4-10(11)6-7-13(17)15-12-8-9-14-16-12/h2-9H,1H3,(H2,14,15,16,17)/b7-6+. The Kier molecular flexibility index (Phi) is 3.76. The molecule has 2 rings (SSSR count). The fourth-order valence-corrected chi connectivity index (χ4v) is 1.47. The smallest absolute Gasteiger partial charge is 0.249 e. The van der Waals surface area contributed by atoms with Crippen LogP contribution in [0, 0.1) is 0 Å². The summed E-state index contributed by atoms with van der Waals surface area (Å²) in [5.41, 5.74) is 0.847. The SMILES string of the molecule is COc1ccccc1/C=C/C(=O)Nc1ccn[nH]1. The molecule has 92 valence electrons. The van der Waals surface area contributed by atoms with Crippen molar-refractivity contribution in [1.29, 1.82) is 0 Å². The van der Waals surface area contributed by atoms with Crippen molar-refractivity contribution in [2.45, 2.75) is 0 Å².